The highest BCUT2D eigenvalue weighted by molar-refractivity contribution is 7.92. The third-order valence-electron chi connectivity index (χ3n) is 6.58. The first-order valence-corrected chi connectivity index (χ1v) is 15.5. The van der Waals surface area contributed by atoms with E-state index in [0.29, 0.717) is 23.9 Å². The molecule has 0 aliphatic heterocycles. The molecule has 220 valence electrons. The molecule has 1 atom stereocenters. The number of unbranched alkanes of at least 4 members (excludes halogenated alkanes) is 1. The van der Waals surface area contributed by atoms with Crippen LogP contribution in [0.1, 0.15) is 44.7 Å². The molecule has 0 saturated carbocycles. The van der Waals surface area contributed by atoms with E-state index in [9.17, 15) is 18.0 Å². The van der Waals surface area contributed by atoms with Gasteiger partial charge in [-0.3, -0.25) is 13.9 Å². The maximum Gasteiger partial charge on any atom is 0.264 e. The van der Waals surface area contributed by atoms with Gasteiger partial charge in [-0.25, -0.2) is 8.42 Å². The summed E-state index contributed by atoms with van der Waals surface area (Å²) in [5.41, 5.74) is 1.88. The van der Waals surface area contributed by atoms with Gasteiger partial charge in [0.25, 0.3) is 10.0 Å². The summed E-state index contributed by atoms with van der Waals surface area (Å²) in [4.78, 5) is 28.6. The van der Waals surface area contributed by atoms with Crippen LogP contribution in [0.25, 0.3) is 0 Å². The molecule has 2 amide bonds. The van der Waals surface area contributed by atoms with E-state index in [1.165, 1.54) is 17.0 Å². The Balaban J connectivity index is 2.04. The Morgan fingerprint density at radius 2 is 1.63 bits per heavy atom. The van der Waals surface area contributed by atoms with Crippen LogP contribution < -0.4 is 14.4 Å². The Hall–Kier alpha value is -3.56. The van der Waals surface area contributed by atoms with E-state index in [-0.39, 0.29) is 23.0 Å². The molecule has 1 N–H and O–H groups in total. The van der Waals surface area contributed by atoms with Crippen molar-refractivity contribution in [3.8, 4) is 5.75 Å². The first-order valence-electron chi connectivity index (χ1n) is 13.7. The molecule has 0 fully saturated rings. The lowest BCUT2D eigenvalue weighted by molar-refractivity contribution is -0.139. The molecule has 41 heavy (non-hydrogen) atoms. The van der Waals surface area contributed by atoms with E-state index < -0.39 is 28.5 Å². The minimum atomic E-state index is -4.19. The van der Waals surface area contributed by atoms with Crippen molar-refractivity contribution >= 4 is 39.1 Å². The van der Waals surface area contributed by atoms with Crippen LogP contribution in [0.15, 0.2) is 77.7 Å². The Kier molecular flexibility index (Phi) is 11.6. The zero-order valence-electron chi connectivity index (χ0n) is 24.0. The highest BCUT2D eigenvalue weighted by atomic mass is 35.5. The normalized spacial score (nSPS) is 11.9. The van der Waals surface area contributed by atoms with Crippen LogP contribution in [-0.2, 0) is 26.2 Å². The molecule has 3 rings (SSSR count). The SMILES string of the molecule is CCCCNC(=O)[C@@H](C)N(Cc1ccc(Cl)cc1)C(=O)CN(c1ccccc1OCC)S(=O)(=O)c1ccc(C)cc1. The minimum Gasteiger partial charge on any atom is -0.492 e. The predicted octanol–water partition coefficient (Wildman–Crippen LogP) is 5.58. The molecule has 0 heterocycles. The van der Waals surface area contributed by atoms with Gasteiger partial charge in [0.2, 0.25) is 11.8 Å². The first kappa shape index (κ1) is 32.0. The second-order valence-electron chi connectivity index (χ2n) is 9.69. The number of nitrogens with one attached hydrogen (secondary N) is 1. The number of sulfonamides is 1. The summed E-state index contributed by atoms with van der Waals surface area (Å²) in [6.07, 6.45) is 1.72. The van der Waals surface area contributed by atoms with Crippen LogP contribution in [0, 0.1) is 6.92 Å². The number of nitrogens with zero attached hydrogens (tertiary/aromatic N) is 2. The van der Waals surface area contributed by atoms with Gasteiger partial charge >= 0.3 is 0 Å². The zero-order chi connectivity index (χ0) is 30.0. The maximum absolute atomic E-state index is 14.0. The largest absolute Gasteiger partial charge is 0.492 e. The molecular formula is C31H38ClN3O5S. The van der Waals surface area contributed by atoms with Gasteiger partial charge in [-0.05, 0) is 69.2 Å². The molecule has 3 aromatic rings. The fourth-order valence-corrected chi connectivity index (χ4v) is 5.75. The lowest BCUT2D eigenvalue weighted by Crippen LogP contribution is -2.51. The monoisotopic (exact) mass is 599 g/mol. The number of carbonyl (C=O) groups excluding carboxylic acids is 2. The average molecular weight is 600 g/mol. The number of aryl methyl sites for hydroxylation is 1. The Bertz CT molecular complexity index is 1410. The summed E-state index contributed by atoms with van der Waals surface area (Å²) in [7, 11) is -4.19. The molecule has 10 heteroatoms. The fourth-order valence-electron chi connectivity index (χ4n) is 4.20. The van der Waals surface area contributed by atoms with Crippen molar-refractivity contribution < 1.29 is 22.7 Å². The molecule has 0 radical (unpaired) electrons. The molecule has 0 aliphatic rings. The lowest BCUT2D eigenvalue weighted by atomic mass is 10.1. The van der Waals surface area contributed by atoms with Crippen molar-refractivity contribution in [2.24, 2.45) is 0 Å². The van der Waals surface area contributed by atoms with E-state index in [0.717, 1.165) is 28.3 Å². The molecule has 0 spiro atoms. The van der Waals surface area contributed by atoms with E-state index in [2.05, 4.69) is 5.32 Å². The maximum atomic E-state index is 14.0. The third kappa shape index (κ3) is 8.47. The van der Waals surface area contributed by atoms with E-state index >= 15 is 0 Å². The number of halogens is 1. The summed E-state index contributed by atoms with van der Waals surface area (Å²) >= 11 is 6.06. The summed E-state index contributed by atoms with van der Waals surface area (Å²) in [6.45, 7) is 7.66. The molecule has 3 aromatic carbocycles. The van der Waals surface area contributed by atoms with E-state index in [1.807, 2.05) is 13.8 Å². The molecule has 0 unspecified atom stereocenters. The predicted molar refractivity (Wildman–Crippen MR) is 163 cm³/mol. The molecule has 0 aliphatic carbocycles. The standard InChI is InChI=1S/C31H38ClN3O5S/c1-5-7-20-33-31(37)24(4)34(21-25-14-16-26(32)17-15-25)30(36)22-35(28-10-8-9-11-29(28)40-6-2)41(38,39)27-18-12-23(3)13-19-27/h8-19,24H,5-7,20-22H2,1-4H3,(H,33,37)/t24-/m1/s1. The molecule has 0 aromatic heterocycles. The topological polar surface area (TPSA) is 96.0 Å². The third-order valence-corrected chi connectivity index (χ3v) is 8.61. The summed E-state index contributed by atoms with van der Waals surface area (Å²) < 4.78 is 34.9. The van der Waals surface area contributed by atoms with Gasteiger partial charge in [-0.2, -0.15) is 0 Å². The van der Waals surface area contributed by atoms with E-state index in [1.54, 1.807) is 74.5 Å². The quantitative estimate of drug-likeness (QED) is 0.244. The number of hydrogen-bond acceptors (Lipinski definition) is 5. The highest BCUT2D eigenvalue weighted by Crippen LogP contribution is 2.33. The number of hydrogen-bond donors (Lipinski definition) is 1. The number of rotatable bonds is 14. The minimum absolute atomic E-state index is 0.0387. The van der Waals surface area contributed by atoms with Gasteiger partial charge in [0.15, 0.2) is 0 Å². The van der Waals surface area contributed by atoms with Crippen LogP contribution in [0.2, 0.25) is 5.02 Å². The number of benzene rings is 3. The number of amides is 2. The van der Waals surface area contributed by atoms with Crippen molar-refractivity contribution in [2.45, 2.75) is 58.0 Å². The van der Waals surface area contributed by atoms with Crippen molar-refractivity contribution in [1.82, 2.24) is 10.2 Å². The Morgan fingerprint density at radius 1 is 0.976 bits per heavy atom. The van der Waals surface area contributed by atoms with Crippen molar-refractivity contribution in [1.29, 1.82) is 0 Å². The zero-order valence-corrected chi connectivity index (χ0v) is 25.5. The number of ether oxygens (including phenoxy) is 1. The second kappa shape index (κ2) is 14.9. The fraction of sp³-hybridized carbons (Fsp3) is 0.355. The number of anilines is 1. The smallest absolute Gasteiger partial charge is 0.264 e. The summed E-state index contributed by atoms with van der Waals surface area (Å²) in [6, 6.07) is 19.2. The van der Waals surface area contributed by atoms with Crippen molar-refractivity contribution in [2.75, 3.05) is 24.0 Å². The number of carbonyl (C=O) groups is 2. The molecule has 8 nitrogen and oxygen atoms in total. The Labute approximate surface area is 248 Å². The van der Waals surface area contributed by atoms with Gasteiger partial charge < -0.3 is 15.0 Å². The van der Waals surface area contributed by atoms with Gasteiger partial charge in [0, 0.05) is 18.1 Å². The van der Waals surface area contributed by atoms with Crippen LogP contribution in [0.3, 0.4) is 0 Å². The second-order valence-corrected chi connectivity index (χ2v) is 12.0. The van der Waals surface area contributed by atoms with Crippen LogP contribution in [-0.4, -0.2) is 50.9 Å². The molecule has 0 bridgehead atoms. The van der Waals surface area contributed by atoms with Gasteiger partial charge in [0.05, 0.1) is 17.2 Å². The van der Waals surface area contributed by atoms with Gasteiger partial charge in [-0.1, -0.05) is 66.9 Å². The number of para-hydroxylation sites is 2. The highest BCUT2D eigenvalue weighted by Gasteiger charge is 2.33. The molecule has 0 saturated heterocycles. The first-order chi connectivity index (χ1) is 19.6. The van der Waals surface area contributed by atoms with E-state index in [4.69, 9.17) is 16.3 Å². The van der Waals surface area contributed by atoms with Crippen LogP contribution in [0.4, 0.5) is 5.69 Å². The lowest BCUT2D eigenvalue weighted by Gasteiger charge is -2.32. The van der Waals surface area contributed by atoms with Crippen molar-refractivity contribution in [3.63, 3.8) is 0 Å². The summed E-state index contributed by atoms with van der Waals surface area (Å²) in [5.74, 6) is -0.531. The van der Waals surface area contributed by atoms with Crippen LogP contribution >= 0.6 is 11.6 Å². The van der Waals surface area contributed by atoms with Gasteiger partial charge in [-0.15, -0.1) is 0 Å². The Morgan fingerprint density at radius 3 is 2.27 bits per heavy atom. The van der Waals surface area contributed by atoms with Gasteiger partial charge in [0.1, 0.15) is 18.3 Å². The van der Waals surface area contributed by atoms with Crippen LogP contribution in [0.5, 0.6) is 5.75 Å². The average Bonchev–Trinajstić information content (AvgIpc) is 2.96. The van der Waals surface area contributed by atoms with Crippen molar-refractivity contribution in [3.05, 3.63) is 88.9 Å². The summed E-state index contributed by atoms with van der Waals surface area (Å²) in [5, 5.41) is 3.42. The molecular weight excluding hydrogens is 562 g/mol.